The minimum absolute atomic E-state index is 0.0119. The van der Waals surface area contributed by atoms with Crippen molar-refractivity contribution in [3.63, 3.8) is 0 Å². The number of carbonyl (C=O) groups excluding carboxylic acids is 2. The third kappa shape index (κ3) is 6.37. The van der Waals surface area contributed by atoms with E-state index in [1.807, 2.05) is 29.2 Å². The van der Waals surface area contributed by atoms with E-state index in [-0.39, 0.29) is 24.5 Å². The first kappa shape index (κ1) is 25.4. The highest BCUT2D eigenvalue weighted by molar-refractivity contribution is 7.10. The van der Waals surface area contributed by atoms with Gasteiger partial charge in [0.25, 0.3) is 0 Å². The third-order valence-corrected chi connectivity index (χ3v) is 7.96. The van der Waals surface area contributed by atoms with Gasteiger partial charge in [-0.05, 0) is 72.5 Å². The van der Waals surface area contributed by atoms with E-state index in [2.05, 4.69) is 16.8 Å². The van der Waals surface area contributed by atoms with Crippen molar-refractivity contribution in [2.75, 3.05) is 38.7 Å². The second kappa shape index (κ2) is 11.4. The summed E-state index contributed by atoms with van der Waals surface area (Å²) >= 11 is 7.79. The van der Waals surface area contributed by atoms with Crippen molar-refractivity contribution in [2.24, 2.45) is 5.92 Å². The number of rotatable bonds is 9. The lowest BCUT2D eigenvalue weighted by Gasteiger charge is -2.37. The molecule has 0 bridgehead atoms. The molecule has 1 atom stereocenters. The van der Waals surface area contributed by atoms with Gasteiger partial charge >= 0.3 is 6.03 Å². The molecule has 7 nitrogen and oxygen atoms in total. The number of anilines is 1. The molecule has 37 heavy (non-hydrogen) atoms. The molecule has 3 aromatic rings. The molecular weight excluding hydrogens is 510 g/mol. The summed E-state index contributed by atoms with van der Waals surface area (Å²) in [6.07, 6.45) is 2.95. The average molecular weight is 540 g/mol. The maximum absolute atomic E-state index is 13.7. The molecule has 0 spiro atoms. The van der Waals surface area contributed by atoms with Crippen LogP contribution in [0, 0.1) is 5.92 Å². The Labute approximate surface area is 225 Å². The molecule has 5 rings (SSSR count). The number of nitrogens with one attached hydrogen (secondary N) is 1. The summed E-state index contributed by atoms with van der Waals surface area (Å²) in [4.78, 5) is 31.6. The molecule has 1 N–H and O–H groups in total. The maximum atomic E-state index is 13.7. The lowest BCUT2D eigenvalue weighted by Crippen LogP contribution is -2.49. The molecule has 2 aromatic carbocycles. The predicted molar refractivity (Wildman–Crippen MR) is 146 cm³/mol. The number of hydrogen-bond acceptors (Lipinski definition) is 5. The summed E-state index contributed by atoms with van der Waals surface area (Å²) in [5.41, 5.74) is 1.72. The van der Waals surface area contributed by atoms with Crippen LogP contribution >= 0.6 is 22.9 Å². The minimum Gasteiger partial charge on any atom is -0.497 e. The quantitative estimate of drug-likeness (QED) is 0.370. The zero-order chi connectivity index (χ0) is 25.8. The molecule has 1 aromatic heterocycles. The van der Waals surface area contributed by atoms with Crippen LogP contribution in [0.1, 0.15) is 29.3 Å². The van der Waals surface area contributed by atoms with Crippen LogP contribution in [-0.4, -0.2) is 55.1 Å². The summed E-state index contributed by atoms with van der Waals surface area (Å²) in [5, 5.41) is 5.51. The number of nitrogens with zero attached hydrogens (tertiary/aromatic N) is 2. The summed E-state index contributed by atoms with van der Waals surface area (Å²) in [5.74, 6) is 1.75. The van der Waals surface area contributed by atoms with Crippen LogP contribution in [0.4, 0.5) is 10.5 Å². The number of benzene rings is 2. The van der Waals surface area contributed by atoms with Crippen molar-refractivity contribution >= 4 is 40.6 Å². The Morgan fingerprint density at radius 2 is 1.95 bits per heavy atom. The molecular formula is C28H30ClN3O4S. The first-order valence-electron chi connectivity index (χ1n) is 12.4. The molecule has 0 unspecified atom stereocenters. The fourth-order valence-electron chi connectivity index (χ4n) is 4.59. The van der Waals surface area contributed by atoms with Crippen molar-refractivity contribution in [3.05, 3.63) is 75.4 Å². The van der Waals surface area contributed by atoms with Crippen LogP contribution in [0.5, 0.6) is 11.5 Å². The van der Waals surface area contributed by atoms with Gasteiger partial charge in [-0.1, -0.05) is 23.7 Å². The van der Waals surface area contributed by atoms with Crippen molar-refractivity contribution in [1.82, 2.24) is 9.80 Å². The van der Waals surface area contributed by atoms with Gasteiger partial charge in [-0.3, -0.25) is 4.79 Å². The van der Waals surface area contributed by atoms with E-state index in [9.17, 15) is 9.59 Å². The minimum atomic E-state index is -0.292. The molecule has 1 saturated carbocycles. The van der Waals surface area contributed by atoms with Gasteiger partial charge in [0.2, 0.25) is 5.91 Å². The highest BCUT2D eigenvalue weighted by Gasteiger charge is 2.35. The highest BCUT2D eigenvalue weighted by Crippen LogP contribution is 2.35. The van der Waals surface area contributed by atoms with Gasteiger partial charge in [0, 0.05) is 34.7 Å². The van der Waals surface area contributed by atoms with Crippen molar-refractivity contribution in [1.29, 1.82) is 0 Å². The van der Waals surface area contributed by atoms with Gasteiger partial charge < -0.3 is 24.6 Å². The first-order valence-corrected chi connectivity index (χ1v) is 13.7. The SMILES string of the molecule is COc1cccc(OC[C@H]2c3ccsc3CCN2C(=O)CN(CC2CC2)C(=O)Nc2cccc(Cl)c2)c1. The van der Waals surface area contributed by atoms with E-state index in [4.69, 9.17) is 21.1 Å². The second-order valence-corrected chi connectivity index (χ2v) is 10.8. The normalized spacial score (nSPS) is 16.6. The number of carbonyl (C=O) groups is 2. The van der Waals surface area contributed by atoms with Crippen LogP contribution in [0.15, 0.2) is 60.0 Å². The Hall–Kier alpha value is -3.23. The molecule has 2 aliphatic rings. The molecule has 1 aliphatic heterocycles. The van der Waals surface area contributed by atoms with E-state index in [0.717, 1.165) is 24.8 Å². The zero-order valence-corrected chi connectivity index (χ0v) is 22.3. The number of amides is 3. The third-order valence-electron chi connectivity index (χ3n) is 6.73. The molecule has 9 heteroatoms. The van der Waals surface area contributed by atoms with Gasteiger partial charge in [-0.15, -0.1) is 11.3 Å². The summed E-state index contributed by atoms with van der Waals surface area (Å²) in [7, 11) is 1.62. The van der Waals surface area contributed by atoms with Crippen molar-refractivity contribution in [3.8, 4) is 11.5 Å². The van der Waals surface area contributed by atoms with E-state index < -0.39 is 0 Å². The fourth-order valence-corrected chi connectivity index (χ4v) is 5.71. The number of methoxy groups -OCH3 is 1. The Morgan fingerprint density at radius 3 is 2.73 bits per heavy atom. The van der Waals surface area contributed by atoms with E-state index >= 15 is 0 Å². The predicted octanol–water partition coefficient (Wildman–Crippen LogP) is 5.86. The van der Waals surface area contributed by atoms with E-state index in [0.29, 0.717) is 47.8 Å². The number of thiophene rings is 1. The van der Waals surface area contributed by atoms with Crippen LogP contribution in [0.25, 0.3) is 0 Å². The molecule has 0 radical (unpaired) electrons. The number of ether oxygens (including phenoxy) is 2. The van der Waals surface area contributed by atoms with Gasteiger partial charge in [0.05, 0.1) is 13.2 Å². The van der Waals surface area contributed by atoms with Crippen LogP contribution in [0.2, 0.25) is 5.02 Å². The van der Waals surface area contributed by atoms with E-state index in [1.165, 1.54) is 4.88 Å². The van der Waals surface area contributed by atoms with Crippen molar-refractivity contribution in [2.45, 2.75) is 25.3 Å². The Bertz CT molecular complexity index is 1260. The molecule has 0 saturated heterocycles. The monoisotopic (exact) mass is 539 g/mol. The van der Waals surface area contributed by atoms with Crippen LogP contribution < -0.4 is 14.8 Å². The smallest absolute Gasteiger partial charge is 0.322 e. The number of fused-ring (bicyclic) bond motifs is 1. The Balaban J connectivity index is 1.30. The first-order chi connectivity index (χ1) is 18.0. The molecule has 2 heterocycles. The van der Waals surface area contributed by atoms with Gasteiger partial charge in [-0.2, -0.15) is 0 Å². The molecule has 194 valence electrons. The fraction of sp³-hybridized carbons (Fsp3) is 0.357. The lowest BCUT2D eigenvalue weighted by atomic mass is 10.0. The summed E-state index contributed by atoms with van der Waals surface area (Å²) in [6.45, 7) is 1.48. The lowest BCUT2D eigenvalue weighted by molar-refractivity contribution is -0.135. The summed E-state index contributed by atoms with van der Waals surface area (Å²) < 4.78 is 11.4. The molecule has 1 aliphatic carbocycles. The molecule has 1 fully saturated rings. The zero-order valence-electron chi connectivity index (χ0n) is 20.7. The Morgan fingerprint density at radius 1 is 1.14 bits per heavy atom. The van der Waals surface area contributed by atoms with E-state index in [1.54, 1.807) is 47.6 Å². The van der Waals surface area contributed by atoms with Gasteiger partial charge in [0.1, 0.15) is 24.7 Å². The maximum Gasteiger partial charge on any atom is 0.322 e. The largest absolute Gasteiger partial charge is 0.497 e. The van der Waals surface area contributed by atoms with Crippen LogP contribution in [0.3, 0.4) is 0 Å². The number of hydrogen-bond donors (Lipinski definition) is 1. The number of urea groups is 1. The summed E-state index contributed by atoms with van der Waals surface area (Å²) in [6, 6.07) is 16.0. The second-order valence-electron chi connectivity index (χ2n) is 9.41. The van der Waals surface area contributed by atoms with Crippen molar-refractivity contribution < 1.29 is 19.1 Å². The van der Waals surface area contributed by atoms with Gasteiger partial charge in [0.15, 0.2) is 0 Å². The number of halogens is 1. The Kier molecular flexibility index (Phi) is 7.86. The molecule has 3 amide bonds. The standard InChI is InChI=1S/C28H30ClN3O4S/c1-35-22-6-3-7-23(15-22)36-18-25-24-11-13-37-26(24)10-12-32(25)27(33)17-31(16-19-8-9-19)28(34)30-21-5-2-4-20(29)14-21/h2-7,11,13-15,19,25H,8-10,12,16-18H2,1H3,(H,30,34)/t25-/m0/s1. The van der Waals surface area contributed by atoms with Gasteiger partial charge in [-0.25, -0.2) is 4.79 Å². The average Bonchev–Trinajstić information content (AvgIpc) is 3.59. The van der Waals surface area contributed by atoms with Crippen LogP contribution in [-0.2, 0) is 11.2 Å². The topological polar surface area (TPSA) is 71.1 Å². The highest BCUT2D eigenvalue weighted by atomic mass is 35.5.